The van der Waals surface area contributed by atoms with Crippen LogP contribution in [-0.2, 0) is 9.53 Å². The number of aryl methyl sites for hydroxylation is 1. The van der Waals surface area contributed by atoms with Crippen LogP contribution in [0.3, 0.4) is 0 Å². The van der Waals surface area contributed by atoms with Gasteiger partial charge in [0.05, 0.1) is 5.56 Å². The lowest BCUT2D eigenvalue weighted by Gasteiger charge is -2.17. The molecule has 142 valence electrons. The van der Waals surface area contributed by atoms with Crippen LogP contribution in [0, 0.1) is 12.8 Å². The maximum absolute atomic E-state index is 12.8. The van der Waals surface area contributed by atoms with Crippen molar-refractivity contribution < 1.29 is 19.1 Å². The van der Waals surface area contributed by atoms with Gasteiger partial charge in [0, 0.05) is 17.2 Å². The highest BCUT2D eigenvalue weighted by atomic mass is 16.5. The van der Waals surface area contributed by atoms with Gasteiger partial charge in [-0.1, -0.05) is 61.9 Å². The van der Waals surface area contributed by atoms with Gasteiger partial charge in [-0.25, -0.2) is 4.79 Å². The van der Waals surface area contributed by atoms with Crippen molar-refractivity contribution in [1.82, 2.24) is 5.32 Å². The van der Waals surface area contributed by atoms with E-state index < -0.39 is 5.97 Å². The van der Waals surface area contributed by atoms with E-state index in [-0.39, 0.29) is 41.4 Å². The van der Waals surface area contributed by atoms with Crippen LogP contribution in [0.2, 0.25) is 0 Å². The highest BCUT2D eigenvalue weighted by Gasteiger charge is 2.20. The molecule has 0 radical (unpaired) electrons. The molecule has 2 aromatic carbocycles. The second-order valence-corrected chi connectivity index (χ2v) is 6.92. The second kappa shape index (κ2) is 9.12. The molecule has 5 heteroatoms. The van der Waals surface area contributed by atoms with Gasteiger partial charge in [0.15, 0.2) is 12.4 Å². The van der Waals surface area contributed by atoms with Gasteiger partial charge < -0.3 is 10.1 Å². The smallest absolute Gasteiger partial charge is 0.339 e. The van der Waals surface area contributed by atoms with E-state index in [4.69, 9.17) is 4.74 Å². The van der Waals surface area contributed by atoms with E-state index in [9.17, 15) is 14.4 Å². The number of benzene rings is 2. The summed E-state index contributed by atoms with van der Waals surface area (Å²) < 4.78 is 5.11. The summed E-state index contributed by atoms with van der Waals surface area (Å²) in [4.78, 5) is 37.1. The molecule has 0 saturated heterocycles. The third kappa shape index (κ3) is 5.51. The average molecular weight is 367 g/mol. The fraction of sp³-hybridized carbons (Fsp3) is 0.318. The number of carbonyl (C=O) groups is 3. The van der Waals surface area contributed by atoms with Crippen LogP contribution in [0.5, 0.6) is 0 Å². The third-order valence-corrected chi connectivity index (χ3v) is 4.43. The molecule has 0 aliphatic carbocycles. The number of esters is 1. The first kappa shape index (κ1) is 20.4. The van der Waals surface area contributed by atoms with Crippen LogP contribution in [0.25, 0.3) is 0 Å². The summed E-state index contributed by atoms with van der Waals surface area (Å²) in [6.07, 6.45) is 0. The van der Waals surface area contributed by atoms with Gasteiger partial charge in [-0.05, 0) is 25.8 Å². The van der Waals surface area contributed by atoms with Crippen molar-refractivity contribution in [2.45, 2.75) is 33.7 Å². The molecule has 1 atom stereocenters. The van der Waals surface area contributed by atoms with Gasteiger partial charge in [0.25, 0.3) is 5.91 Å². The standard InChI is InChI=1S/C22H25NO4/c1-14(2)16(4)23-20(24)13-27-22(26)19-8-6-5-7-18(19)21(25)17-11-9-15(3)10-12-17/h5-12,14,16H,13H2,1-4H3,(H,23,24)/t16-/m0/s1. The Kier molecular flexibility index (Phi) is 6.88. The van der Waals surface area contributed by atoms with Crippen LogP contribution in [-0.4, -0.2) is 30.3 Å². The summed E-state index contributed by atoms with van der Waals surface area (Å²) in [6, 6.07) is 13.6. The van der Waals surface area contributed by atoms with E-state index in [1.54, 1.807) is 30.3 Å². The van der Waals surface area contributed by atoms with Crippen molar-refractivity contribution in [2.24, 2.45) is 5.92 Å². The molecule has 0 aliphatic rings. The minimum atomic E-state index is -0.696. The number of amides is 1. The Morgan fingerprint density at radius 3 is 2.11 bits per heavy atom. The van der Waals surface area contributed by atoms with Crippen molar-refractivity contribution in [1.29, 1.82) is 0 Å². The van der Waals surface area contributed by atoms with Gasteiger partial charge in [-0.2, -0.15) is 0 Å². The van der Waals surface area contributed by atoms with Crippen molar-refractivity contribution in [3.05, 3.63) is 70.8 Å². The van der Waals surface area contributed by atoms with Crippen LogP contribution in [0.1, 0.15) is 52.6 Å². The highest BCUT2D eigenvalue weighted by Crippen LogP contribution is 2.16. The largest absolute Gasteiger partial charge is 0.452 e. The minimum absolute atomic E-state index is 0.0217. The monoisotopic (exact) mass is 367 g/mol. The lowest BCUT2D eigenvalue weighted by molar-refractivity contribution is -0.125. The molecule has 0 fully saturated rings. The van der Waals surface area contributed by atoms with Crippen LogP contribution < -0.4 is 5.32 Å². The number of ketones is 1. The lowest BCUT2D eigenvalue weighted by Crippen LogP contribution is -2.38. The summed E-state index contributed by atoms with van der Waals surface area (Å²) in [5.41, 5.74) is 1.93. The number of hydrogen-bond acceptors (Lipinski definition) is 4. The Labute approximate surface area is 159 Å². The molecule has 0 heterocycles. The van der Waals surface area contributed by atoms with Crippen LogP contribution >= 0.6 is 0 Å². The number of hydrogen-bond donors (Lipinski definition) is 1. The van der Waals surface area contributed by atoms with E-state index in [1.165, 1.54) is 6.07 Å². The van der Waals surface area contributed by atoms with Gasteiger partial charge in [-0.3, -0.25) is 9.59 Å². The molecule has 27 heavy (non-hydrogen) atoms. The van der Waals surface area contributed by atoms with Crippen molar-refractivity contribution in [3.63, 3.8) is 0 Å². The summed E-state index contributed by atoms with van der Waals surface area (Å²) in [7, 11) is 0. The number of ether oxygens (including phenoxy) is 1. The first-order valence-electron chi connectivity index (χ1n) is 8.96. The topological polar surface area (TPSA) is 72.5 Å². The third-order valence-electron chi connectivity index (χ3n) is 4.43. The first-order valence-corrected chi connectivity index (χ1v) is 8.96. The first-order chi connectivity index (χ1) is 12.8. The van der Waals surface area contributed by atoms with E-state index in [1.807, 2.05) is 39.8 Å². The zero-order valence-corrected chi connectivity index (χ0v) is 16.1. The number of nitrogens with one attached hydrogen (secondary N) is 1. The number of carbonyl (C=O) groups excluding carboxylic acids is 3. The van der Waals surface area contributed by atoms with Gasteiger partial charge in [0.1, 0.15) is 0 Å². The molecule has 2 rings (SSSR count). The maximum Gasteiger partial charge on any atom is 0.339 e. The van der Waals surface area contributed by atoms with E-state index in [2.05, 4.69) is 5.32 Å². The lowest BCUT2D eigenvalue weighted by atomic mass is 9.98. The second-order valence-electron chi connectivity index (χ2n) is 6.92. The van der Waals surface area contributed by atoms with Crippen molar-refractivity contribution in [2.75, 3.05) is 6.61 Å². The molecule has 1 N–H and O–H groups in total. The summed E-state index contributed by atoms with van der Waals surface area (Å²) in [6.45, 7) is 7.42. The molecule has 0 bridgehead atoms. The summed E-state index contributed by atoms with van der Waals surface area (Å²) in [5.74, 6) is -1.05. The van der Waals surface area contributed by atoms with Gasteiger partial charge in [-0.15, -0.1) is 0 Å². The molecular weight excluding hydrogens is 342 g/mol. The van der Waals surface area contributed by atoms with Crippen molar-refractivity contribution >= 4 is 17.7 Å². The molecule has 0 saturated carbocycles. The molecule has 1 amide bonds. The zero-order chi connectivity index (χ0) is 20.0. The fourth-order valence-electron chi connectivity index (χ4n) is 2.39. The predicted molar refractivity (Wildman–Crippen MR) is 104 cm³/mol. The minimum Gasteiger partial charge on any atom is -0.452 e. The van der Waals surface area contributed by atoms with Gasteiger partial charge in [0.2, 0.25) is 0 Å². The molecule has 2 aromatic rings. The van der Waals surface area contributed by atoms with E-state index in [0.717, 1.165) is 5.56 Å². The molecule has 0 unspecified atom stereocenters. The number of rotatable bonds is 7. The van der Waals surface area contributed by atoms with Crippen LogP contribution in [0.4, 0.5) is 0 Å². The molecule has 0 aliphatic heterocycles. The van der Waals surface area contributed by atoms with E-state index >= 15 is 0 Å². The SMILES string of the molecule is Cc1ccc(C(=O)c2ccccc2C(=O)OCC(=O)N[C@@H](C)C(C)C)cc1. The van der Waals surface area contributed by atoms with Gasteiger partial charge >= 0.3 is 5.97 Å². The molecule has 0 aromatic heterocycles. The zero-order valence-electron chi connectivity index (χ0n) is 16.1. The normalized spacial score (nSPS) is 11.7. The fourth-order valence-corrected chi connectivity index (χ4v) is 2.39. The molecule has 0 spiro atoms. The van der Waals surface area contributed by atoms with Crippen LogP contribution in [0.15, 0.2) is 48.5 Å². The maximum atomic E-state index is 12.8. The molecule has 5 nitrogen and oxygen atoms in total. The Morgan fingerprint density at radius 2 is 1.52 bits per heavy atom. The Hall–Kier alpha value is -2.95. The Morgan fingerprint density at radius 1 is 0.926 bits per heavy atom. The van der Waals surface area contributed by atoms with Crippen molar-refractivity contribution in [3.8, 4) is 0 Å². The van der Waals surface area contributed by atoms with E-state index in [0.29, 0.717) is 5.56 Å². The highest BCUT2D eigenvalue weighted by molar-refractivity contribution is 6.14. The Bertz CT molecular complexity index is 824. The Balaban J connectivity index is 2.10. The molecular formula is C22H25NO4. The average Bonchev–Trinajstić information content (AvgIpc) is 2.66. The quantitative estimate of drug-likeness (QED) is 0.600. The summed E-state index contributed by atoms with van der Waals surface area (Å²) >= 11 is 0. The predicted octanol–water partition coefficient (Wildman–Crippen LogP) is 3.54. The summed E-state index contributed by atoms with van der Waals surface area (Å²) in [5, 5.41) is 2.77.